The van der Waals surface area contributed by atoms with E-state index in [1.165, 1.54) is 4.57 Å². The minimum absolute atomic E-state index is 0. The molecule has 0 spiro atoms. The van der Waals surface area contributed by atoms with Gasteiger partial charge in [0.1, 0.15) is 7.60 Å². The molecule has 0 aliphatic heterocycles. The summed E-state index contributed by atoms with van der Waals surface area (Å²) < 4.78 is 12.0. The van der Waals surface area contributed by atoms with E-state index in [0.717, 1.165) is 25.7 Å². The van der Waals surface area contributed by atoms with Gasteiger partial charge in [0, 0.05) is 24.5 Å². The number of unbranched alkanes of at least 4 members (excludes halogenated alkanes) is 4. The Morgan fingerprint density at radius 2 is 1.81 bits per heavy atom. The number of nitrogens with one attached hydrogen (secondary N) is 1. The Morgan fingerprint density at radius 3 is 2.43 bits per heavy atom. The maximum atomic E-state index is 11.5. The fourth-order valence-electron chi connectivity index (χ4n) is 1.91. The summed E-state index contributed by atoms with van der Waals surface area (Å²) in [6.07, 6.45) is 5.03. The standard InChI is InChI=1S/C12H21N2O5P.H3N/c1-10-9-14(12(16)13-11(10)15)7-5-3-2-4-6-8-20(17,18)19;/h9H,2-8H2,1H3,(H,13,15,16)(H2,17,18,19);1H3. The van der Waals surface area contributed by atoms with Crippen molar-refractivity contribution in [2.45, 2.75) is 45.6 Å². The molecule has 1 atom stereocenters. The van der Waals surface area contributed by atoms with Crippen molar-refractivity contribution in [2.75, 3.05) is 6.16 Å². The van der Waals surface area contributed by atoms with Crippen LogP contribution in [-0.2, 0) is 11.1 Å². The summed E-state index contributed by atoms with van der Waals surface area (Å²) in [6, 6.07) is 0. The van der Waals surface area contributed by atoms with E-state index in [0.29, 0.717) is 18.5 Å². The molecular weight excluding hydrogens is 297 g/mol. The van der Waals surface area contributed by atoms with E-state index in [4.69, 9.17) is 4.89 Å². The average Bonchev–Trinajstić information content (AvgIpc) is 2.32. The molecule has 1 unspecified atom stereocenters. The molecular formula is C12H24N3O5P. The molecule has 0 aliphatic rings. The van der Waals surface area contributed by atoms with Gasteiger partial charge in [0.15, 0.2) is 0 Å². The highest BCUT2D eigenvalue weighted by Gasteiger charge is 2.02. The normalized spacial score (nSPS) is 13.5. The van der Waals surface area contributed by atoms with Gasteiger partial charge in [0.05, 0.1) is 0 Å². The Labute approximate surface area is 123 Å². The van der Waals surface area contributed by atoms with Gasteiger partial charge in [-0.2, -0.15) is 0 Å². The highest BCUT2D eigenvalue weighted by Crippen LogP contribution is 2.30. The lowest BCUT2D eigenvalue weighted by Gasteiger charge is -2.14. The van der Waals surface area contributed by atoms with Crippen LogP contribution in [0.25, 0.3) is 0 Å². The molecule has 6 N–H and O–H groups in total. The highest BCUT2D eigenvalue weighted by atomic mass is 31.2. The third-order valence-electron chi connectivity index (χ3n) is 3.03. The molecule has 0 radical (unpaired) electrons. The summed E-state index contributed by atoms with van der Waals surface area (Å²) in [4.78, 5) is 44.0. The third kappa shape index (κ3) is 7.96. The number of nitrogens with zero attached hydrogens (tertiary/aromatic N) is 1. The van der Waals surface area contributed by atoms with Crippen molar-refractivity contribution < 1.29 is 14.4 Å². The second-order valence-corrected chi connectivity index (χ2v) is 6.62. The lowest BCUT2D eigenvalue weighted by atomic mass is 10.1. The van der Waals surface area contributed by atoms with Gasteiger partial charge in [0.25, 0.3) is 5.56 Å². The minimum Gasteiger partial charge on any atom is -0.779 e. The summed E-state index contributed by atoms with van der Waals surface area (Å²) >= 11 is 0. The van der Waals surface area contributed by atoms with Crippen LogP contribution in [0, 0.1) is 6.92 Å². The Kier molecular flexibility index (Phi) is 8.43. The monoisotopic (exact) mass is 321 g/mol. The second kappa shape index (κ2) is 8.94. The van der Waals surface area contributed by atoms with Gasteiger partial charge in [-0.1, -0.05) is 19.3 Å². The molecule has 1 aromatic heterocycles. The van der Waals surface area contributed by atoms with Crippen LogP contribution in [0.5, 0.6) is 0 Å². The molecule has 0 saturated carbocycles. The first-order chi connectivity index (χ1) is 9.29. The molecule has 0 bridgehead atoms. The molecule has 1 aromatic rings. The maximum absolute atomic E-state index is 11.5. The zero-order valence-electron chi connectivity index (χ0n) is 12.5. The smallest absolute Gasteiger partial charge is 0.328 e. The molecule has 1 heterocycles. The van der Waals surface area contributed by atoms with Gasteiger partial charge in [-0.15, -0.1) is 0 Å². The summed E-state index contributed by atoms with van der Waals surface area (Å²) in [6.45, 7) is 2.17. The van der Waals surface area contributed by atoms with Crippen molar-refractivity contribution in [3.05, 3.63) is 32.6 Å². The number of quaternary nitrogens is 1. The van der Waals surface area contributed by atoms with Crippen LogP contribution in [0.4, 0.5) is 0 Å². The van der Waals surface area contributed by atoms with Crippen molar-refractivity contribution in [2.24, 2.45) is 0 Å². The number of aryl methyl sites for hydroxylation is 2. The predicted octanol–water partition coefficient (Wildman–Crippen LogP) is 0.717. The number of aromatic nitrogens is 2. The van der Waals surface area contributed by atoms with Gasteiger partial charge >= 0.3 is 5.69 Å². The van der Waals surface area contributed by atoms with Crippen molar-refractivity contribution >= 4 is 7.60 Å². The number of H-pyrrole nitrogens is 1. The molecule has 0 fully saturated rings. The summed E-state index contributed by atoms with van der Waals surface area (Å²) in [5, 5.41) is 0. The third-order valence-corrected chi connectivity index (χ3v) is 3.91. The lowest BCUT2D eigenvalue weighted by Crippen LogP contribution is -2.30. The first-order valence-electron chi connectivity index (χ1n) is 6.63. The average molecular weight is 321 g/mol. The van der Waals surface area contributed by atoms with Gasteiger partial charge < -0.3 is 25.1 Å². The van der Waals surface area contributed by atoms with Crippen molar-refractivity contribution in [3.63, 3.8) is 0 Å². The SMILES string of the molecule is Cc1cn(CCCCCCCP(=O)([O-])O)c(=O)[nH]c1=O.[NH4+]. The molecule has 9 heteroatoms. The van der Waals surface area contributed by atoms with E-state index in [-0.39, 0.29) is 17.9 Å². The maximum Gasteiger partial charge on any atom is 0.328 e. The van der Waals surface area contributed by atoms with Crippen LogP contribution >= 0.6 is 7.60 Å². The summed E-state index contributed by atoms with van der Waals surface area (Å²) in [5.41, 5.74) is -0.274. The molecule has 0 saturated heterocycles. The molecule has 1 rings (SSSR count). The minimum atomic E-state index is -4.12. The van der Waals surface area contributed by atoms with E-state index in [1.807, 2.05) is 0 Å². The quantitative estimate of drug-likeness (QED) is 0.476. The van der Waals surface area contributed by atoms with E-state index < -0.39 is 13.3 Å². The van der Waals surface area contributed by atoms with Crippen molar-refractivity contribution in [1.82, 2.24) is 15.7 Å². The topological polar surface area (TPSA) is 152 Å². The first kappa shape index (κ1) is 19.8. The van der Waals surface area contributed by atoms with E-state index in [1.54, 1.807) is 13.1 Å². The van der Waals surface area contributed by atoms with Crippen molar-refractivity contribution in [1.29, 1.82) is 0 Å². The van der Waals surface area contributed by atoms with Crippen molar-refractivity contribution in [3.8, 4) is 0 Å². The lowest BCUT2D eigenvalue weighted by molar-refractivity contribution is -0.193. The Morgan fingerprint density at radius 1 is 1.24 bits per heavy atom. The molecule has 122 valence electrons. The van der Waals surface area contributed by atoms with Crippen LogP contribution in [0.3, 0.4) is 0 Å². The first-order valence-corrected chi connectivity index (χ1v) is 8.39. The fourth-order valence-corrected chi connectivity index (χ4v) is 2.53. The highest BCUT2D eigenvalue weighted by molar-refractivity contribution is 7.50. The van der Waals surface area contributed by atoms with E-state index in [2.05, 4.69) is 4.98 Å². The van der Waals surface area contributed by atoms with Gasteiger partial charge in [-0.3, -0.25) is 9.78 Å². The largest absolute Gasteiger partial charge is 0.779 e. The molecule has 21 heavy (non-hydrogen) atoms. The summed E-state index contributed by atoms with van der Waals surface area (Å²) in [5.74, 6) is 0. The van der Waals surface area contributed by atoms with Crippen LogP contribution < -0.4 is 22.3 Å². The van der Waals surface area contributed by atoms with Crippen LogP contribution in [0.15, 0.2) is 15.8 Å². The molecule has 0 aromatic carbocycles. The number of aromatic amines is 1. The van der Waals surface area contributed by atoms with Crippen LogP contribution in [0.1, 0.15) is 37.7 Å². The van der Waals surface area contributed by atoms with Gasteiger partial charge in [-0.05, 0) is 19.8 Å². The Bertz CT molecular complexity index is 589. The molecule has 8 nitrogen and oxygen atoms in total. The predicted molar refractivity (Wildman–Crippen MR) is 79.8 cm³/mol. The van der Waals surface area contributed by atoms with E-state index in [9.17, 15) is 19.0 Å². The fraction of sp³-hybridized carbons (Fsp3) is 0.667. The number of hydrogen-bond acceptors (Lipinski definition) is 4. The Balaban J connectivity index is 0.00000400. The zero-order valence-corrected chi connectivity index (χ0v) is 13.4. The molecule has 0 aliphatic carbocycles. The van der Waals surface area contributed by atoms with Crippen LogP contribution in [-0.4, -0.2) is 20.6 Å². The number of hydrogen-bond donors (Lipinski definition) is 3. The van der Waals surface area contributed by atoms with Crippen LogP contribution in [0.2, 0.25) is 0 Å². The zero-order chi connectivity index (χ0) is 15.2. The number of rotatable bonds is 8. The second-order valence-electron chi connectivity index (χ2n) is 4.89. The Hall–Kier alpha value is -1.21. The van der Waals surface area contributed by atoms with Gasteiger partial charge in [-0.25, -0.2) is 4.79 Å². The van der Waals surface area contributed by atoms with Gasteiger partial charge in [0.2, 0.25) is 0 Å². The molecule has 0 amide bonds. The van der Waals surface area contributed by atoms with E-state index >= 15 is 0 Å². The summed E-state index contributed by atoms with van der Waals surface area (Å²) in [7, 11) is -4.12.